The van der Waals surface area contributed by atoms with E-state index in [1.54, 1.807) is 0 Å². The summed E-state index contributed by atoms with van der Waals surface area (Å²) in [6.45, 7) is 3.73. The molecule has 1 aliphatic heterocycles. The summed E-state index contributed by atoms with van der Waals surface area (Å²) in [6, 6.07) is 11.4. The van der Waals surface area contributed by atoms with E-state index in [1.807, 2.05) is 43.3 Å². The summed E-state index contributed by atoms with van der Waals surface area (Å²) in [7, 11) is 0. The lowest BCUT2D eigenvalue weighted by Crippen LogP contribution is -1.97. The zero-order chi connectivity index (χ0) is 19.3. The Morgan fingerprint density at radius 2 is 2.00 bits per heavy atom. The van der Waals surface area contributed by atoms with Crippen molar-refractivity contribution in [1.82, 2.24) is 10.2 Å². The van der Waals surface area contributed by atoms with Gasteiger partial charge in [0, 0.05) is 12.2 Å². The van der Waals surface area contributed by atoms with Crippen molar-refractivity contribution in [2.45, 2.75) is 24.3 Å². The van der Waals surface area contributed by atoms with Crippen molar-refractivity contribution in [1.29, 1.82) is 0 Å². The number of benzene rings is 2. The van der Waals surface area contributed by atoms with E-state index < -0.39 is 0 Å². The van der Waals surface area contributed by atoms with Crippen molar-refractivity contribution in [3.05, 3.63) is 47.0 Å². The maximum absolute atomic E-state index is 6.35. The van der Waals surface area contributed by atoms with Gasteiger partial charge in [-0.3, -0.25) is 0 Å². The molecule has 0 amide bonds. The topological polar surface area (TPSA) is 66.6 Å². The highest BCUT2D eigenvalue weighted by Gasteiger charge is 2.17. The van der Waals surface area contributed by atoms with Crippen molar-refractivity contribution in [3.8, 4) is 28.7 Å². The van der Waals surface area contributed by atoms with Crippen molar-refractivity contribution >= 4 is 23.4 Å². The molecule has 0 saturated heterocycles. The summed E-state index contributed by atoms with van der Waals surface area (Å²) in [5.74, 6) is 3.06. The summed E-state index contributed by atoms with van der Waals surface area (Å²) in [5.41, 5.74) is 1.77. The number of rotatable bonds is 6. The normalized spacial score (nSPS) is 13.2. The third kappa shape index (κ3) is 4.20. The summed E-state index contributed by atoms with van der Waals surface area (Å²) in [5, 5.41) is 9.31. The van der Waals surface area contributed by atoms with Crippen LogP contribution in [0.2, 0.25) is 5.02 Å². The second-order valence-corrected chi connectivity index (χ2v) is 7.38. The van der Waals surface area contributed by atoms with Crippen LogP contribution in [0.15, 0.2) is 46.0 Å². The predicted molar refractivity (Wildman–Crippen MR) is 108 cm³/mol. The molecule has 28 heavy (non-hydrogen) atoms. The van der Waals surface area contributed by atoms with E-state index in [0.29, 0.717) is 53.2 Å². The second-order valence-electron chi connectivity index (χ2n) is 6.05. The Morgan fingerprint density at radius 3 is 2.89 bits per heavy atom. The van der Waals surface area contributed by atoms with Crippen LogP contribution in [0.5, 0.6) is 17.2 Å². The van der Waals surface area contributed by atoms with E-state index in [4.69, 9.17) is 30.2 Å². The summed E-state index contributed by atoms with van der Waals surface area (Å²) in [6.07, 6.45) is 0.836. The molecule has 0 radical (unpaired) electrons. The van der Waals surface area contributed by atoms with E-state index in [-0.39, 0.29) is 0 Å². The van der Waals surface area contributed by atoms with Crippen LogP contribution in [0.3, 0.4) is 0 Å². The molecule has 2 heterocycles. The molecule has 6 nitrogen and oxygen atoms in total. The third-order valence-electron chi connectivity index (χ3n) is 4.05. The van der Waals surface area contributed by atoms with Gasteiger partial charge in [0.05, 0.1) is 30.4 Å². The molecule has 0 unspecified atom stereocenters. The summed E-state index contributed by atoms with van der Waals surface area (Å²) >= 11 is 7.79. The van der Waals surface area contributed by atoms with Gasteiger partial charge in [0.1, 0.15) is 5.75 Å². The molecule has 0 spiro atoms. The number of para-hydroxylation sites is 1. The molecule has 4 rings (SSSR count). The highest BCUT2D eigenvalue weighted by molar-refractivity contribution is 7.98. The standard InChI is InChI=1S/C20H19ClN2O4S/c1-2-24-16-7-4-3-6-14(16)19-22-23-20(27-19)28-12-13-10-15(21)18-17(11-13)25-8-5-9-26-18/h3-4,6-7,10-11H,2,5,8-9,12H2,1H3. The number of ether oxygens (including phenoxy) is 3. The molecule has 0 fully saturated rings. The van der Waals surface area contributed by atoms with Crippen LogP contribution in [0.4, 0.5) is 0 Å². The number of hydrogen-bond acceptors (Lipinski definition) is 7. The van der Waals surface area contributed by atoms with Gasteiger partial charge in [-0.2, -0.15) is 0 Å². The van der Waals surface area contributed by atoms with Crippen LogP contribution in [0.25, 0.3) is 11.5 Å². The Hall–Kier alpha value is -2.38. The lowest BCUT2D eigenvalue weighted by molar-refractivity contribution is 0.297. The molecule has 3 aromatic rings. The van der Waals surface area contributed by atoms with E-state index in [1.165, 1.54) is 11.8 Å². The van der Waals surface area contributed by atoms with Crippen LogP contribution in [-0.2, 0) is 5.75 Å². The van der Waals surface area contributed by atoms with Crippen LogP contribution < -0.4 is 14.2 Å². The van der Waals surface area contributed by atoms with Crippen molar-refractivity contribution in [3.63, 3.8) is 0 Å². The first-order chi connectivity index (χ1) is 13.7. The van der Waals surface area contributed by atoms with Gasteiger partial charge in [0.2, 0.25) is 0 Å². The van der Waals surface area contributed by atoms with Gasteiger partial charge >= 0.3 is 0 Å². The Morgan fingerprint density at radius 1 is 1.14 bits per heavy atom. The Bertz CT molecular complexity index is 963. The smallest absolute Gasteiger partial charge is 0.277 e. The van der Waals surface area contributed by atoms with Gasteiger partial charge in [0.25, 0.3) is 11.1 Å². The lowest BCUT2D eigenvalue weighted by Gasteiger charge is -2.11. The Balaban J connectivity index is 1.48. The minimum absolute atomic E-state index is 0.434. The van der Waals surface area contributed by atoms with Gasteiger partial charge in [-0.1, -0.05) is 35.5 Å². The number of nitrogens with zero attached hydrogens (tertiary/aromatic N) is 2. The molecule has 2 aromatic carbocycles. The average molecular weight is 419 g/mol. The highest BCUT2D eigenvalue weighted by Crippen LogP contribution is 2.39. The van der Waals surface area contributed by atoms with E-state index >= 15 is 0 Å². The average Bonchev–Trinajstić information content (AvgIpc) is 3.04. The van der Waals surface area contributed by atoms with Gasteiger partial charge in [-0.25, -0.2) is 0 Å². The molecule has 0 bridgehead atoms. The minimum Gasteiger partial charge on any atom is -0.493 e. The third-order valence-corrected chi connectivity index (χ3v) is 5.22. The van der Waals surface area contributed by atoms with Crippen LogP contribution >= 0.6 is 23.4 Å². The fourth-order valence-electron chi connectivity index (χ4n) is 2.81. The quantitative estimate of drug-likeness (QED) is 0.507. The van der Waals surface area contributed by atoms with Crippen molar-refractivity contribution < 1.29 is 18.6 Å². The van der Waals surface area contributed by atoms with Crippen LogP contribution in [0, 0.1) is 0 Å². The fraction of sp³-hybridized carbons (Fsp3) is 0.300. The monoisotopic (exact) mass is 418 g/mol. The van der Waals surface area contributed by atoms with E-state index in [2.05, 4.69) is 10.2 Å². The Labute approximate surface area is 172 Å². The number of aromatic nitrogens is 2. The van der Waals surface area contributed by atoms with Crippen molar-refractivity contribution in [2.24, 2.45) is 0 Å². The van der Waals surface area contributed by atoms with E-state index in [0.717, 1.165) is 23.3 Å². The molecular weight excluding hydrogens is 400 g/mol. The zero-order valence-corrected chi connectivity index (χ0v) is 16.9. The first-order valence-corrected chi connectivity index (χ1v) is 10.4. The SMILES string of the molecule is CCOc1ccccc1-c1nnc(SCc2cc(Cl)c3c(c2)OCCCO3)o1. The first kappa shape index (κ1) is 19.0. The zero-order valence-electron chi connectivity index (χ0n) is 15.3. The minimum atomic E-state index is 0.434. The molecule has 0 N–H and O–H groups in total. The summed E-state index contributed by atoms with van der Waals surface area (Å²) in [4.78, 5) is 0. The molecule has 0 saturated carbocycles. The largest absolute Gasteiger partial charge is 0.493 e. The molecule has 1 aliphatic rings. The number of thioether (sulfide) groups is 1. The molecule has 146 valence electrons. The number of hydrogen-bond donors (Lipinski definition) is 0. The fourth-order valence-corrected chi connectivity index (χ4v) is 3.80. The Kier molecular flexibility index (Phi) is 5.92. The molecular formula is C20H19ClN2O4S. The first-order valence-electron chi connectivity index (χ1n) is 9.01. The molecule has 0 aliphatic carbocycles. The highest BCUT2D eigenvalue weighted by atomic mass is 35.5. The van der Waals surface area contributed by atoms with Crippen LogP contribution in [-0.4, -0.2) is 30.0 Å². The number of halogens is 1. The lowest BCUT2D eigenvalue weighted by atomic mass is 10.2. The number of fused-ring (bicyclic) bond motifs is 1. The van der Waals surface area contributed by atoms with Gasteiger partial charge < -0.3 is 18.6 Å². The second kappa shape index (κ2) is 8.75. The van der Waals surface area contributed by atoms with Gasteiger partial charge in [-0.15, -0.1) is 10.2 Å². The molecule has 8 heteroatoms. The van der Waals surface area contributed by atoms with E-state index in [9.17, 15) is 0 Å². The van der Waals surface area contributed by atoms with Crippen LogP contribution in [0.1, 0.15) is 18.9 Å². The van der Waals surface area contributed by atoms with Crippen molar-refractivity contribution in [2.75, 3.05) is 19.8 Å². The van der Waals surface area contributed by atoms with Gasteiger partial charge in [0.15, 0.2) is 11.5 Å². The maximum atomic E-state index is 6.35. The predicted octanol–water partition coefficient (Wildman–Crippen LogP) is 5.24. The molecule has 1 aromatic heterocycles. The van der Waals surface area contributed by atoms with Gasteiger partial charge in [-0.05, 0) is 36.8 Å². The maximum Gasteiger partial charge on any atom is 0.277 e. The summed E-state index contributed by atoms with van der Waals surface area (Å²) < 4.78 is 22.8. The molecule has 0 atom stereocenters.